The van der Waals surface area contributed by atoms with Crippen LogP contribution in [0.1, 0.15) is 46.0 Å². The summed E-state index contributed by atoms with van der Waals surface area (Å²) in [4.78, 5) is 11.6. The maximum absolute atomic E-state index is 11.6. The average Bonchev–Trinajstić information content (AvgIpc) is 2.29. The summed E-state index contributed by atoms with van der Waals surface area (Å²) in [6.07, 6.45) is 6.14. The van der Waals surface area contributed by atoms with Gasteiger partial charge in [0.25, 0.3) is 0 Å². The zero-order valence-corrected chi connectivity index (χ0v) is 10.1. The first-order valence-corrected chi connectivity index (χ1v) is 5.98. The molecule has 0 saturated heterocycles. The summed E-state index contributed by atoms with van der Waals surface area (Å²) in [5.41, 5.74) is 0. The molecule has 1 rings (SSSR count). The fraction of sp³-hybridized carbons (Fsp3) is 0.917. The van der Waals surface area contributed by atoms with Gasteiger partial charge in [0.2, 0.25) is 5.91 Å². The Morgan fingerprint density at radius 1 is 1.27 bits per heavy atom. The number of carbonyl (C=O) groups is 1. The second kappa shape index (κ2) is 6.11. The quantitative estimate of drug-likeness (QED) is 0.776. The molecule has 3 heteroatoms. The molecular formula is C12H23NO2. The SMILES string of the molecule is COC(C)C(=O)NC(C)C1CCCCC1. The van der Waals surface area contributed by atoms with Crippen LogP contribution in [-0.2, 0) is 9.53 Å². The standard InChI is InChI=1S/C12H23NO2/c1-9(11-7-5-4-6-8-11)13-12(14)10(2)15-3/h9-11H,4-8H2,1-3H3,(H,13,14). The number of carbonyl (C=O) groups excluding carboxylic acids is 1. The molecule has 0 spiro atoms. The normalized spacial score (nSPS) is 22.1. The van der Waals surface area contributed by atoms with Crippen molar-refractivity contribution in [3.05, 3.63) is 0 Å². The molecule has 3 nitrogen and oxygen atoms in total. The van der Waals surface area contributed by atoms with E-state index < -0.39 is 0 Å². The van der Waals surface area contributed by atoms with Crippen molar-refractivity contribution in [1.29, 1.82) is 0 Å². The average molecular weight is 213 g/mol. The Morgan fingerprint density at radius 3 is 2.40 bits per heavy atom. The van der Waals surface area contributed by atoms with Gasteiger partial charge in [0.15, 0.2) is 0 Å². The van der Waals surface area contributed by atoms with Crippen LogP contribution >= 0.6 is 0 Å². The molecule has 0 aromatic carbocycles. The second-order valence-electron chi connectivity index (χ2n) is 4.57. The van der Waals surface area contributed by atoms with E-state index in [-0.39, 0.29) is 18.1 Å². The molecule has 88 valence electrons. The zero-order valence-electron chi connectivity index (χ0n) is 10.1. The molecule has 2 atom stereocenters. The third-order valence-corrected chi connectivity index (χ3v) is 3.45. The van der Waals surface area contributed by atoms with Crippen LogP contribution < -0.4 is 5.32 Å². The van der Waals surface area contributed by atoms with Gasteiger partial charge < -0.3 is 10.1 Å². The monoisotopic (exact) mass is 213 g/mol. The van der Waals surface area contributed by atoms with E-state index in [1.54, 1.807) is 14.0 Å². The van der Waals surface area contributed by atoms with E-state index in [0.717, 1.165) is 0 Å². The maximum Gasteiger partial charge on any atom is 0.249 e. The lowest BCUT2D eigenvalue weighted by molar-refractivity contribution is -0.131. The first-order chi connectivity index (χ1) is 7.15. The number of methoxy groups -OCH3 is 1. The molecule has 1 N–H and O–H groups in total. The van der Waals surface area contributed by atoms with Gasteiger partial charge in [-0.1, -0.05) is 19.3 Å². The second-order valence-corrected chi connectivity index (χ2v) is 4.57. The molecule has 2 unspecified atom stereocenters. The smallest absolute Gasteiger partial charge is 0.249 e. The molecule has 1 fully saturated rings. The maximum atomic E-state index is 11.6. The fourth-order valence-electron chi connectivity index (χ4n) is 2.20. The summed E-state index contributed by atoms with van der Waals surface area (Å²) in [7, 11) is 1.57. The molecule has 0 bridgehead atoms. The first-order valence-electron chi connectivity index (χ1n) is 5.98. The van der Waals surface area contributed by atoms with E-state index in [9.17, 15) is 4.79 Å². The van der Waals surface area contributed by atoms with Gasteiger partial charge in [-0.25, -0.2) is 0 Å². The van der Waals surface area contributed by atoms with Crippen molar-refractivity contribution >= 4 is 5.91 Å². The highest BCUT2D eigenvalue weighted by Crippen LogP contribution is 2.26. The van der Waals surface area contributed by atoms with E-state index >= 15 is 0 Å². The van der Waals surface area contributed by atoms with E-state index in [1.807, 2.05) is 0 Å². The van der Waals surface area contributed by atoms with Crippen molar-refractivity contribution in [2.45, 2.75) is 58.1 Å². The Bertz CT molecular complexity index is 200. The van der Waals surface area contributed by atoms with Gasteiger partial charge in [0.05, 0.1) is 0 Å². The number of rotatable bonds is 4. The van der Waals surface area contributed by atoms with Crippen LogP contribution in [0.3, 0.4) is 0 Å². The minimum atomic E-state index is -0.337. The van der Waals surface area contributed by atoms with Crippen LogP contribution in [0.4, 0.5) is 0 Å². The molecular weight excluding hydrogens is 190 g/mol. The van der Waals surface area contributed by atoms with Crippen molar-refractivity contribution in [3.63, 3.8) is 0 Å². The van der Waals surface area contributed by atoms with Crippen molar-refractivity contribution in [2.75, 3.05) is 7.11 Å². The fourth-order valence-corrected chi connectivity index (χ4v) is 2.20. The molecule has 0 aromatic rings. The third-order valence-electron chi connectivity index (χ3n) is 3.45. The van der Waals surface area contributed by atoms with E-state index in [4.69, 9.17) is 4.74 Å². The number of nitrogens with one attached hydrogen (secondary N) is 1. The molecule has 1 saturated carbocycles. The molecule has 0 aliphatic heterocycles. The molecule has 15 heavy (non-hydrogen) atoms. The number of hydrogen-bond acceptors (Lipinski definition) is 2. The minimum absolute atomic E-state index is 0.00979. The Morgan fingerprint density at radius 2 is 1.87 bits per heavy atom. The van der Waals surface area contributed by atoms with Gasteiger partial charge in [-0.15, -0.1) is 0 Å². The lowest BCUT2D eigenvalue weighted by atomic mass is 9.84. The number of ether oxygens (including phenoxy) is 1. The zero-order chi connectivity index (χ0) is 11.3. The van der Waals surface area contributed by atoms with E-state index in [1.165, 1.54) is 32.1 Å². The Kier molecular flexibility index (Phi) is 5.09. The van der Waals surface area contributed by atoms with E-state index in [2.05, 4.69) is 12.2 Å². The highest BCUT2D eigenvalue weighted by molar-refractivity contribution is 5.80. The topological polar surface area (TPSA) is 38.3 Å². The van der Waals surface area contributed by atoms with Gasteiger partial charge in [0, 0.05) is 13.2 Å². The van der Waals surface area contributed by atoms with Crippen LogP contribution in [0.2, 0.25) is 0 Å². The van der Waals surface area contributed by atoms with Gasteiger partial charge in [-0.3, -0.25) is 4.79 Å². The van der Waals surface area contributed by atoms with E-state index in [0.29, 0.717) is 5.92 Å². The van der Waals surface area contributed by atoms with Crippen LogP contribution in [0.5, 0.6) is 0 Å². The lowest BCUT2D eigenvalue weighted by Gasteiger charge is -2.28. The largest absolute Gasteiger partial charge is 0.372 e. The Labute approximate surface area is 92.6 Å². The Hall–Kier alpha value is -0.570. The lowest BCUT2D eigenvalue weighted by Crippen LogP contribution is -2.43. The highest BCUT2D eigenvalue weighted by atomic mass is 16.5. The minimum Gasteiger partial charge on any atom is -0.372 e. The van der Waals surface area contributed by atoms with Crippen LogP contribution in [0.15, 0.2) is 0 Å². The molecule has 0 radical (unpaired) electrons. The van der Waals surface area contributed by atoms with Crippen molar-refractivity contribution in [3.8, 4) is 0 Å². The predicted octanol–water partition coefficient (Wildman–Crippen LogP) is 2.11. The summed E-state index contributed by atoms with van der Waals surface area (Å²) in [5.74, 6) is 0.669. The van der Waals surface area contributed by atoms with Gasteiger partial charge in [0.1, 0.15) is 6.10 Å². The van der Waals surface area contributed by atoms with Gasteiger partial charge >= 0.3 is 0 Å². The Balaban J connectivity index is 2.33. The molecule has 1 aliphatic carbocycles. The van der Waals surface area contributed by atoms with Crippen LogP contribution in [0.25, 0.3) is 0 Å². The number of hydrogen-bond donors (Lipinski definition) is 1. The summed E-state index contributed by atoms with van der Waals surface area (Å²) in [6, 6.07) is 0.287. The molecule has 1 amide bonds. The number of amides is 1. The van der Waals surface area contributed by atoms with Crippen LogP contribution in [0, 0.1) is 5.92 Å². The van der Waals surface area contributed by atoms with Crippen molar-refractivity contribution in [1.82, 2.24) is 5.32 Å². The van der Waals surface area contributed by atoms with Gasteiger partial charge in [-0.05, 0) is 32.6 Å². The third kappa shape index (κ3) is 3.82. The highest BCUT2D eigenvalue weighted by Gasteiger charge is 2.22. The van der Waals surface area contributed by atoms with Crippen molar-refractivity contribution in [2.24, 2.45) is 5.92 Å². The summed E-state index contributed by atoms with van der Waals surface area (Å²) in [5, 5.41) is 3.04. The van der Waals surface area contributed by atoms with Gasteiger partial charge in [-0.2, -0.15) is 0 Å². The molecule has 0 heterocycles. The molecule has 1 aliphatic rings. The first kappa shape index (κ1) is 12.5. The summed E-state index contributed by atoms with van der Waals surface area (Å²) < 4.78 is 4.99. The summed E-state index contributed by atoms with van der Waals surface area (Å²) >= 11 is 0. The van der Waals surface area contributed by atoms with Crippen LogP contribution in [-0.4, -0.2) is 25.2 Å². The van der Waals surface area contributed by atoms with Crippen molar-refractivity contribution < 1.29 is 9.53 Å². The predicted molar refractivity (Wildman–Crippen MR) is 60.7 cm³/mol. The summed E-state index contributed by atoms with van der Waals surface area (Å²) in [6.45, 7) is 3.89. The molecule has 0 aromatic heterocycles.